The molecule has 1 amide bonds. The molecule has 1 aromatic heterocycles. The molecule has 104 valence electrons. The van der Waals surface area contributed by atoms with E-state index in [1.54, 1.807) is 11.3 Å². The molecule has 0 unspecified atom stereocenters. The van der Waals surface area contributed by atoms with Crippen molar-refractivity contribution < 1.29 is 4.79 Å². The number of rotatable bonds is 5. The van der Waals surface area contributed by atoms with Crippen molar-refractivity contribution in [3.63, 3.8) is 0 Å². The van der Waals surface area contributed by atoms with Gasteiger partial charge in [0.1, 0.15) is 0 Å². The predicted molar refractivity (Wildman–Crippen MR) is 83.5 cm³/mol. The summed E-state index contributed by atoms with van der Waals surface area (Å²) in [6, 6.07) is 4.32. The normalized spacial score (nSPS) is 17.3. The number of carbonyl (C=O) groups excluding carboxylic acids is 1. The van der Waals surface area contributed by atoms with Crippen LogP contribution in [0.15, 0.2) is 28.6 Å². The molecule has 0 radical (unpaired) electrons. The van der Waals surface area contributed by atoms with E-state index in [1.165, 1.54) is 0 Å². The van der Waals surface area contributed by atoms with Gasteiger partial charge in [-0.1, -0.05) is 6.08 Å². The maximum Gasteiger partial charge on any atom is 0.225 e. The van der Waals surface area contributed by atoms with E-state index in [-0.39, 0.29) is 5.91 Å². The molecule has 19 heavy (non-hydrogen) atoms. The van der Waals surface area contributed by atoms with Gasteiger partial charge in [0.2, 0.25) is 5.91 Å². The lowest BCUT2D eigenvalue weighted by Gasteiger charge is -2.31. The summed E-state index contributed by atoms with van der Waals surface area (Å²) < 4.78 is 1.08. The molecule has 3 nitrogen and oxygen atoms in total. The van der Waals surface area contributed by atoms with Crippen LogP contribution in [0, 0.1) is 0 Å². The van der Waals surface area contributed by atoms with Crippen LogP contribution in [0.2, 0.25) is 0 Å². The second-order valence-electron chi connectivity index (χ2n) is 4.81. The highest BCUT2D eigenvalue weighted by atomic mass is 79.9. The van der Waals surface area contributed by atoms with Crippen molar-refractivity contribution in [2.45, 2.75) is 25.3 Å². The summed E-state index contributed by atoms with van der Waals surface area (Å²) in [5.41, 5.74) is 0. The summed E-state index contributed by atoms with van der Waals surface area (Å²) in [6.45, 7) is 6.79. The van der Waals surface area contributed by atoms with Crippen molar-refractivity contribution in [3.05, 3.63) is 33.5 Å². The minimum absolute atomic E-state index is 0.136. The molecule has 0 aromatic carbocycles. The molecule has 1 aromatic rings. The fraction of sp³-hybridized carbons (Fsp3) is 0.500. The number of carbonyl (C=O) groups is 1. The lowest BCUT2D eigenvalue weighted by Crippen LogP contribution is -2.45. The Morgan fingerprint density at radius 3 is 2.84 bits per heavy atom. The maximum absolute atomic E-state index is 11.9. The van der Waals surface area contributed by atoms with E-state index in [0.29, 0.717) is 12.5 Å². The first-order chi connectivity index (χ1) is 9.17. The number of nitrogens with one attached hydrogen (secondary N) is 1. The first-order valence-corrected chi connectivity index (χ1v) is 8.15. The lowest BCUT2D eigenvalue weighted by molar-refractivity contribution is -0.121. The topological polar surface area (TPSA) is 32.3 Å². The van der Waals surface area contributed by atoms with E-state index in [2.05, 4.69) is 32.7 Å². The smallest absolute Gasteiger partial charge is 0.225 e. The van der Waals surface area contributed by atoms with Crippen molar-refractivity contribution in [2.75, 3.05) is 19.6 Å². The van der Waals surface area contributed by atoms with E-state index in [1.807, 2.05) is 18.2 Å². The fourth-order valence-electron chi connectivity index (χ4n) is 2.33. The zero-order chi connectivity index (χ0) is 13.7. The molecule has 0 aliphatic carbocycles. The SMILES string of the molecule is C=CCN1CCC(NC(=O)Cc2ccc(Br)s2)CC1. The molecule has 0 spiro atoms. The first kappa shape index (κ1) is 14.8. The van der Waals surface area contributed by atoms with Crippen LogP contribution in [-0.2, 0) is 11.2 Å². The molecule has 1 saturated heterocycles. The van der Waals surface area contributed by atoms with Crippen LogP contribution in [-0.4, -0.2) is 36.5 Å². The Balaban J connectivity index is 1.73. The second kappa shape index (κ2) is 7.22. The minimum Gasteiger partial charge on any atom is -0.353 e. The van der Waals surface area contributed by atoms with Gasteiger partial charge >= 0.3 is 0 Å². The summed E-state index contributed by atoms with van der Waals surface area (Å²) in [6.07, 6.45) is 4.50. The number of nitrogens with zero attached hydrogens (tertiary/aromatic N) is 1. The van der Waals surface area contributed by atoms with Gasteiger partial charge in [-0.2, -0.15) is 0 Å². The number of thiophene rings is 1. The summed E-state index contributed by atoms with van der Waals surface area (Å²) in [7, 11) is 0. The Bertz CT molecular complexity index is 438. The number of hydrogen-bond acceptors (Lipinski definition) is 3. The summed E-state index contributed by atoms with van der Waals surface area (Å²) >= 11 is 5.04. The van der Waals surface area contributed by atoms with Gasteiger partial charge < -0.3 is 5.32 Å². The van der Waals surface area contributed by atoms with E-state index < -0.39 is 0 Å². The molecule has 0 atom stereocenters. The van der Waals surface area contributed by atoms with Crippen LogP contribution in [0.3, 0.4) is 0 Å². The predicted octanol–water partition coefficient (Wildman–Crippen LogP) is 2.82. The zero-order valence-electron chi connectivity index (χ0n) is 10.9. The highest BCUT2D eigenvalue weighted by Crippen LogP contribution is 2.22. The number of likely N-dealkylation sites (tertiary alicyclic amines) is 1. The molecule has 1 aliphatic heterocycles. The van der Waals surface area contributed by atoms with Crippen LogP contribution in [0.4, 0.5) is 0 Å². The molecule has 5 heteroatoms. The lowest BCUT2D eigenvalue weighted by atomic mass is 10.0. The quantitative estimate of drug-likeness (QED) is 0.834. The van der Waals surface area contributed by atoms with Crippen LogP contribution >= 0.6 is 27.3 Å². The van der Waals surface area contributed by atoms with E-state index in [9.17, 15) is 4.79 Å². The number of halogens is 1. The molecule has 2 rings (SSSR count). The van der Waals surface area contributed by atoms with Gasteiger partial charge in [-0.15, -0.1) is 17.9 Å². The third kappa shape index (κ3) is 4.75. The maximum atomic E-state index is 11.9. The van der Waals surface area contributed by atoms with Gasteiger partial charge in [0, 0.05) is 30.6 Å². The molecule has 2 heterocycles. The van der Waals surface area contributed by atoms with E-state index >= 15 is 0 Å². The third-order valence-corrected chi connectivity index (χ3v) is 4.93. The van der Waals surface area contributed by atoms with Gasteiger partial charge in [-0.3, -0.25) is 9.69 Å². The van der Waals surface area contributed by atoms with Gasteiger partial charge in [0.25, 0.3) is 0 Å². The van der Waals surface area contributed by atoms with Gasteiger partial charge in [0.05, 0.1) is 10.2 Å². The van der Waals surface area contributed by atoms with E-state index in [0.717, 1.165) is 41.1 Å². The van der Waals surface area contributed by atoms with Crippen LogP contribution < -0.4 is 5.32 Å². The zero-order valence-corrected chi connectivity index (χ0v) is 13.3. The standard InChI is InChI=1S/C14H19BrN2OS/c1-2-7-17-8-5-11(6-9-17)16-14(18)10-12-3-4-13(15)19-12/h2-4,11H,1,5-10H2,(H,16,18). The van der Waals surface area contributed by atoms with Crippen molar-refractivity contribution in [3.8, 4) is 0 Å². The van der Waals surface area contributed by atoms with Gasteiger partial charge in [-0.25, -0.2) is 0 Å². The highest BCUT2D eigenvalue weighted by Gasteiger charge is 2.19. The van der Waals surface area contributed by atoms with E-state index in [4.69, 9.17) is 0 Å². The van der Waals surface area contributed by atoms with Crippen molar-refractivity contribution in [1.82, 2.24) is 10.2 Å². The fourth-order valence-corrected chi connectivity index (χ4v) is 3.81. The molecule has 1 aliphatic rings. The van der Waals surface area contributed by atoms with Crippen LogP contribution in [0.25, 0.3) is 0 Å². The third-order valence-electron chi connectivity index (χ3n) is 3.30. The number of hydrogen-bond donors (Lipinski definition) is 1. The summed E-state index contributed by atoms with van der Waals surface area (Å²) in [5, 5.41) is 3.14. The summed E-state index contributed by atoms with van der Waals surface area (Å²) in [4.78, 5) is 15.4. The molecule has 0 bridgehead atoms. The average Bonchev–Trinajstić information content (AvgIpc) is 2.77. The van der Waals surface area contributed by atoms with Crippen molar-refractivity contribution >= 4 is 33.2 Å². The molecule has 1 N–H and O–H groups in total. The Morgan fingerprint density at radius 1 is 1.53 bits per heavy atom. The molecular formula is C14H19BrN2OS. The van der Waals surface area contributed by atoms with Crippen molar-refractivity contribution in [2.24, 2.45) is 0 Å². The number of amides is 1. The Labute approximate surface area is 126 Å². The second-order valence-corrected chi connectivity index (χ2v) is 7.36. The Hall–Kier alpha value is -0.650. The highest BCUT2D eigenvalue weighted by molar-refractivity contribution is 9.11. The largest absolute Gasteiger partial charge is 0.353 e. The minimum atomic E-state index is 0.136. The molecular weight excluding hydrogens is 324 g/mol. The summed E-state index contributed by atoms with van der Waals surface area (Å²) in [5.74, 6) is 0.136. The van der Waals surface area contributed by atoms with Gasteiger partial charge in [-0.05, 0) is 40.9 Å². The first-order valence-electron chi connectivity index (χ1n) is 6.54. The number of piperidine rings is 1. The Kier molecular flexibility index (Phi) is 5.60. The molecule has 1 fully saturated rings. The van der Waals surface area contributed by atoms with Crippen molar-refractivity contribution in [1.29, 1.82) is 0 Å². The van der Waals surface area contributed by atoms with Gasteiger partial charge in [0.15, 0.2) is 0 Å². The van der Waals surface area contributed by atoms with Crippen LogP contribution in [0.1, 0.15) is 17.7 Å². The average molecular weight is 343 g/mol. The monoisotopic (exact) mass is 342 g/mol. The molecule has 0 saturated carbocycles. The Morgan fingerprint density at radius 2 is 2.26 bits per heavy atom. The van der Waals surface area contributed by atoms with Crippen LogP contribution in [0.5, 0.6) is 0 Å².